The summed E-state index contributed by atoms with van der Waals surface area (Å²) >= 11 is 0. The maximum absolute atomic E-state index is 13.0. The molecule has 0 radical (unpaired) electrons. The van der Waals surface area contributed by atoms with Gasteiger partial charge in [0.1, 0.15) is 19.3 Å². The summed E-state index contributed by atoms with van der Waals surface area (Å²) in [5, 5.41) is 10.6. The van der Waals surface area contributed by atoms with Crippen LogP contribution in [0.25, 0.3) is 0 Å². The minimum Gasteiger partial charge on any atom is -0.462 e. The topological polar surface area (TPSA) is 237 Å². The molecule has 0 amide bonds. The Morgan fingerprint density at radius 1 is 0.298 bits per heavy atom. The molecule has 0 saturated heterocycles. The van der Waals surface area contributed by atoms with Gasteiger partial charge in [-0.25, -0.2) is 9.13 Å². The van der Waals surface area contributed by atoms with Crippen molar-refractivity contribution in [2.45, 2.75) is 395 Å². The Labute approximate surface area is 575 Å². The molecule has 0 bridgehead atoms. The van der Waals surface area contributed by atoms with Crippen molar-refractivity contribution < 1.29 is 80.2 Å². The first-order valence-electron chi connectivity index (χ1n) is 38.7. The quantitative estimate of drug-likeness (QED) is 0.0222. The Morgan fingerprint density at radius 2 is 0.511 bits per heavy atom. The van der Waals surface area contributed by atoms with E-state index in [4.69, 9.17) is 37.0 Å². The average Bonchev–Trinajstić information content (AvgIpc) is 1.64. The van der Waals surface area contributed by atoms with E-state index in [9.17, 15) is 43.2 Å². The molecule has 0 heterocycles. The van der Waals surface area contributed by atoms with Gasteiger partial charge in [0.05, 0.1) is 26.4 Å². The molecule has 0 aliphatic rings. The fraction of sp³-hybridized carbons (Fsp3) is 0.947. The standard InChI is InChI=1S/C75H146O17P2/c1-9-68(8)54-46-38-29-23-18-16-14-12-10-11-13-15-17-19-24-30-41-49-57-74(79)92-71(62-86-73(78)56-48-40-34-33-37-45-53-67(6)7)64-90-94(83,84)88-60-69(76)59-87-93(81,82)89-63-70(61-85-72(77)55-47-39-32-26-28-36-44-52-66(4)5)91-75(80)58-50-42-31-25-21-20-22-27-35-43-51-65(2)3/h65-71,76H,9-64H2,1-8H3,(H,81,82)(H,83,84)/t68?,69?,70-,71-/m1/s1. The summed E-state index contributed by atoms with van der Waals surface area (Å²) in [4.78, 5) is 72.6. The number of rotatable bonds is 72. The van der Waals surface area contributed by atoms with Gasteiger partial charge in [0.25, 0.3) is 0 Å². The molecule has 0 rings (SSSR count). The SMILES string of the molecule is CCC(C)CCCCCCCCCCCCCCCCCCCCC(=O)O[C@H](COC(=O)CCCCCCCCC(C)C)COP(=O)(O)OCC(O)COP(=O)(O)OC[C@@H](COC(=O)CCCCCCCCCC(C)C)OC(=O)CCCCCCCCCCCCC(C)C. The molecule has 0 fully saturated rings. The van der Waals surface area contributed by atoms with E-state index in [1.54, 1.807) is 0 Å². The molecule has 0 aromatic heterocycles. The first-order chi connectivity index (χ1) is 45.1. The van der Waals surface area contributed by atoms with Crippen LogP contribution in [0.5, 0.6) is 0 Å². The van der Waals surface area contributed by atoms with Gasteiger partial charge in [0.2, 0.25) is 0 Å². The van der Waals surface area contributed by atoms with Gasteiger partial charge < -0.3 is 33.8 Å². The number of phosphoric acid groups is 2. The molecular formula is C75H146O17P2. The molecule has 0 aromatic rings. The highest BCUT2D eigenvalue weighted by atomic mass is 31.2. The molecule has 3 N–H and O–H groups in total. The predicted octanol–water partition coefficient (Wildman–Crippen LogP) is 21.7. The molecule has 6 atom stereocenters. The third kappa shape index (κ3) is 67.3. The van der Waals surface area contributed by atoms with Gasteiger partial charge in [0, 0.05) is 25.7 Å². The van der Waals surface area contributed by atoms with Gasteiger partial charge in [-0.15, -0.1) is 0 Å². The second-order valence-corrected chi connectivity index (χ2v) is 31.6. The fourth-order valence-electron chi connectivity index (χ4n) is 11.3. The molecule has 94 heavy (non-hydrogen) atoms. The van der Waals surface area contributed by atoms with Crippen molar-refractivity contribution in [3.8, 4) is 0 Å². The van der Waals surface area contributed by atoms with Crippen molar-refractivity contribution in [3.63, 3.8) is 0 Å². The van der Waals surface area contributed by atoms with Crippen LogP contribution in [0.4, 0.5) is 0 Å². The minimum atomic E-state index is -4.95. The number of esters is 4. The number of aliphatic hydroxyl groups is 1. The lowest BCUT2D eigenvalue weighted by molar-refractivity contribution is -0.161. The summed E-state index contributed by atoms with van der Waals surface area (Å²) in [6, 6.07) is 0. The zero-order valence-corrected chi connectivity index (χ0v) is 63.4. The second kappa shape index (κ2) is 64.4. The van der Waals surface area contributed by atoms with Gasteiger partial charge in [-0.1, -0.05) is 325 Å². The lowest BCUT2D eigenvalue weighted by atomic mass is 9.99. The maximum Gasteiger partial charge on any atom is 0.472 e. The van der Waals surface area contributed by atoms with Gasteiger partial charge in [-0.05, 0) is 49.4 Å². The van der Waals surface area contributed by atoms with Crippen LogP contribution in [0.15, 0.2) is 0 Å². The molecule has 4 unspecified atom stereocenters. The number of phosphoric ester groups is 2. The van der Waals surface area contributed by atoms with Gasteiger partial charge in [0.15, 0.2) is 12.2 Å². The number of carbonyl (C=O) groups is 4. The van der Waals surface area contributed by atoms with Crippen LogP contribution in [0, 0.1) is 23.7 Å². The van der Waals surface area contributed by atoms with E-state index in [0.29, 0.717) is 37.5 Å². The highest BCUT2D eigenvalue weighted by Crippen LogP contribution is 2.45. The number of carbonyl (C=O) groups excluding carboxylic acids is 4. The van der Waals surface area contributed by atoms with E-state index >= 15 is 0 Å². The van der Waals surface area contributed by atoms with Crippen LogP contribution < -0.4 is 0 Å². The number of unbranched alkanes of at least 4 members (excludes halogenated alkanes) is 37. The molecule has 558 valence electrons. The van der Waals surface area contributed by atoms with E-state index in [-0.39, 0.29) is 25.7 Å². The summed E-state index contributed by atoms with van der Waals surface area (Å²) in [6.45, 7) is 14.1. The van der Waals surface area contributed by atoms with Crippen molar-refractivity contribution in [2.75, 3.05) is 39.6 Å². The first-order valence-corrected chi connectivity index (χ1v) is 41.7. The Bertz CT molecular complexity index is 1850. The van der Waals surface area contributed by atoms with Crippen LogP contribution in [0.1, 0.15) is 376 Å². The van der Waals surface area contributed by atoms with E-state index < -0.39 is 97.5 Å². The van der Waals surface area contributed by atoms with Gasteiger partial charge >= 0.3 is 39.5 Å². The average molecular weight is 1380 g/mol. The highest BCUT2D eigenvalue weighted by molar-refractivity contribution is 7.47. The molecule has 17 nitrogen and oxygen atoms in total. The Balaban J connectivity index is 5.14. The maximum atomic E-state index is 13.0. The van der Waals surface area contributed by atoms with E-state index in [2.05, 4.69) is 55.4 Å². The van der Waals surface area contributed by atoms with Crippen molar-refractivity contribution in [2.24, 2.45) is 23.7 Å². The lowest BCUT2D eigenvalue weighted by Gasteiger charge is -2.21. The summed E-state index contributed by atoms with van der Waals surface area (Å²) in [6.07, 6.45) is 48.9. The Hall–Kier alpha value is -1.94. The molecule has 0 aliphatic heterocycles. The zero-order valence-electron chi connectivity index (χ0n) is 61.6. The van der Waals surface area contributed by atoms with Crippen LogP contribution in [0.3, 0.4) is 0 Å². The summed E-state index contributed by atoms with van der Waals surface area (Å²) in [7, 11) is -9.91. The molecule has 0 saturated carbocycles. The molecule has 0 spiro atoms. The number of aliphatic hydroxyl groups excluding tert-OH is 1. The third-order valence-corrected chi connectivity index (χ3v) is 19.6. The van der Waals surface area contributed by atoms with Crippen molar-refractivity contribution >= 4 is 39.5 Å². The molecule has 19 heteroatoms. The Kier molecular flexibility index (Phi) is 63.1. The van der Waals surface area contributed by atoms with E-state index in [1.807, 2.05) is 0 Å². The monoisotopic (exact) mass is 1380 g/mol. The van der Waals surface area contributed by atoms with Crippen LogP contribution in [-0.2, 0) is 65.4 Å². The number of hydrogen-bond acceptors (Lipinski definition) is 15. The normalized spacial score (nSPS) is 14.4. The van der Waals surface area contributed by atoms with Crippen LogP contribution in [-0.4, -0.2) is 96.7 Å². The summed E-state index contributed by atoms with van der Waals surface area (Å²) in [5.74, 6) is 0.880. The molecule has 0 aromatic carbocycles. The number of ether oxygens (including phenoxy) is 4. The fourth-order valence-corrected chi connectivity index (χ4v) is 12.9. The summed E-state index contributed by atoms with van der Waals surface area (Å²) < 4.78 is 68.4. The largest absolute Gasteiger partial charge is 0.472 e. The highest BCUT2D eigenvalue weighted by Gasteiger charge is 2.30. The van der Waals surface area contributed by atoms with E-state index in [1.165, 1.54) is 167 Å². The Morgan fingerprint density at radius 3 is 0.755 bits per heavy atom. The van der Waals surface area contributed by atoms with Crippen LogP contribution >= 0.6 is 15.6 Å². The smallest absolute Gasteiger partial charge is 0.462 e. The van der Waals surface area contributed by atoms with Crippen molar-refractivity contribution in [3.05, 3.63) is 0 Å². The van der Waals surface area contributed by atoms with E-state index in [0.717, 1.165) is 115 Å². The van der Waals surface area contributed by atoms with Crippen molar-refractivity contribution in [1.82, 2.24) is 0 Å². The predicted molar refractivity (Wildman–Crippen MR) is 381 cm³/mol. The molecular weight excluding hydrogens is 1230 g/mol. The third-order valence-electron chi connectivity index (χ3n) is 17.7. The van der Waals surface area contributed by atoms with Crippen LogP contribution in [0.2, 0.25) is 0 Å². The molecule has 0 aliphatic carbocycles. The van der Waals surface area contributed by atoms with Gasteiger partial charge in [-0.3, -0.25) is 37.3 Å². The minimum absolute atomic E-state index is 0.105. The lowest BCUT2D eigenvalue weighted by Crippen LogP contribution is -2.30. The summed E-state index contributed by atoms with van der Waals surface area (Å²) in [5.41, 5.74) is 0. The van der Waals surface area contributed by atoms with Crippen molar-refractivity contribution in [1.29, 1.82) is 0 Å². The van der Waals surface area contributed by atoms with Gasteiger partial charge in [-0.2, -0.15) is 0 Å². The second-order valence-electron chi connectivity index (χ2n) is 28.7. The zero-order chi connectivity index (χ0) is 69.6. The number of hydrogen-bond donors (Lipinski definition) is 3. The first kappa shape index (κ1) is 92.1.